The lowest BCUT2D eigenvalue weighted by atomic mass is 10.1. The summed E-state index contributed by atoms with van der Waals surface area (Å²) >= 11 is 0. The van der Waals surface area contributed by atoms with Crippen molar-refractivity contribution in [2.24, 2.45) is 11.1 Å². The second-order valence-corrected chi connectivity index (χ2v) is 6.76. The molecule has 1 saturated carbocycles. The fourth-order valence-corrected chi connectivity index (χ4v) is 3.07. The number of rotatable bonds is 5. The molecular weight excluding hydrogens is 296 g/mol. The highest BCUT2D eigenvalue weighted by molar-refractivity contribution is 7.89. The standard InChI is InChI=1S/C13H18N2O5S/c14-21(19,20)9-4-5-11(10(6-9)13(17)18)15-7-8-2-1-3-12(8)16/h4-6,8,12,15-16H,1-3,7H2,(H,17,18)(H2,14,19,20). The molecular formula is C13H18N2O5S. The second-order valence-electron chi connectivity index (χ2n) is 5.20. The average Bonchev–Trinajstić information content (AvgIpc) is 2.80. The van der Waals surface area contributed by atoms with Crippen molar-refractivity contribution in [2.75, 3.05) is 11.9 Å². The van der Waals surface area contributed by atoms with Crippen LogP contribution in [0.4, 0.5) is 5.69 Å². The molecule has 2 rings (SSSR count). The van der Waals surface area contributed by atoms with Crippen molar-refractivity contribution in [2.45, 2.75) is 30.3 Å². The summed E-state index contributed by atoms with van der Waals surface area (Å²) < 4.78 is 22.5. The number of carboxylic acid groups (broad SMARTS) is 1. The van der Waals surface area contributed by atoms with Crippen LogP contribution in [0.5, 0.6) is 0 Å². The highest BCUT2D eigenvalue weighted by Gasteiger charge is 2.25. The number of aliphatic hydroxyl groups is 1. The van der Waals surface area contributed by atoms with E-state index in [0.717, 1.165) is 25.3 Å². The van der Waals surface area contributed by atoms with Gasteiger partial charge >= 0.3 is 5.97 Å². The molecule has 1 fully saturated rings. The molecule has 0 spiro atoms. The minimum Gasteiger partial charge on any atom is -0.478 e. The summed E-state index contributed by atoms with van der Waals surface area (Å²) in [4.78, 5) is 11.0. The summed E-state index contributed by atoms with van der Waals surface area (Å²) in [6.07, 6.45) is 2.20. The monoisotopic (exact) mass is 314 g/mol. The van der Waals surface area contributed by atoms with E-state index in [-0.39, 0.29) is 22.5 Å². The summed E-state index contributed by atoms with van der Waals surface area (Å²) in [6, 6.07) is 3.67. The Labute approximate surface area is 122 Å². The van der Waals surface area contributed by atoms with Crippen LogP contribution in [-0.4, -0.2) is 37.2 Å². The van der Waals surface area contributed by atoms with Crippen LogP contribution in [0.15, 0.2) is 23.1 Å². The van der Waals surface area contributed by atoms with Crippen LogP contribution in [0, 0.1) is 5.92 Å². The minimum atomic E-state index is -3.95. The van der Waals surface area contributed by atoms with Gasteiger partial charge in [0.1, 0.15) is 0 Å². The molecule has 0 aromatic heterocycles. The molecule has 7 nitrogen and oxygen atoms in total. The maximum absolute atomic E-state index is 11.3. The molecule has 1 aromatic rings. The first kappa shape index (κ1) is 15.7. The number of aliphatic hydroxyl groups excluding tert-OH is 1. The topological polar surface area (TPSA) is 130 Å². The van der Waals surface area contributed by atoms with Gasteiger partial charge in [0.05, 0.1) is 16.6 Å². The Morgan fingerprint density at radius 1 is 1.38 bits per heavy atom. The molecule has 0 heterocycles. The van der Waals surface area contributed by atoms with Crippen LogP contribution in [0.1, 0.15) is 29.6 Å². The van der Waals surface area contributed by atoms with E-state index < -0.39 is 16.0 Å². The van der Waals surface area contributed by atoms with Crippen LogP contribution >= 0.6 is 0 Å². The summed E-state index contributed by atoms with van der Waals surface area (Å²) in [7, 11) is -3.95. The molecule has 21 heavy (non-hydrogen) atoms. The SMILES string of the molecule is NS(=O)(=O)c1ccc(NCC2CCCC2O)c(C(=O)O)c1. The molecule has 0 aliphatic heterocycles. The summed E-state index contributed by atoms with van der Waals surface area (Å²) in [5.41, 5.74) is 0.156. The molecule has 8 heteroatoms. The van der Waals surface area contributed by atoms with Gasteiger partial charge in [-0.05, 0) is 31.0 Å². The maximum atomic E-state index is 11.3. The number of carbonyl (C=O) groups is 1. The largest absolute Gasteiger partial charge is 0.478 e. The van der Waals surface area contributed by atoms with Crippen LogP contribution in [0.3, 0.4) is 0 Å². The lowest BCUT2D eigenvalue weighted by Gasteiger charge is -2.17. The summed E-state index contributed by atoms with van der Waals surface area (Å²) in [5, 5.41) is 26.9. The molecule has 116 valence electrons. The molecule has 2 atom stereocenters. The quantitative estimate of drug-likeness (QED) is 0.630. The number of sulfonamides is 1. The van der Waals surface area contributed by atoms with E-state index in [1.165, 1.54) is 12.1 Å². The molecule has 0 amide bonds. The van der Waals surface area contributed by atoms with E-state index in [1.54, 1.807) is 0 Å². The van der Waals surface area contributed by atoms with E-state index in [9.17, 15) is 23.4 Å². The molecule has 0 saturated heterocycles. The molecule has 0 bridgehead atoms. The number of carboxylic acids is 1. The zero-order valence-electron chi connectivity index (χ0n) is 11.3. The van der Waals surface area contributed by atoms with Crippen LogP contribution < -0.4 is 10.5 Å². The summed E-state index contributed by atoms with van der Waals surface area (Å²) in [6.45, 7) is 0.441. The molecule has 1 aliphatic rings. The number of aromatic carboxylic acids is 1. The predicted molar refractivity (Wildman–Crippen MR) is 76.6 cm³/mol. The van der Waals surface area contributed by atoms with Gasteiger partial charge in [-0.25, -0.2) is 18.4 Å². The number of hydrogen-bond donors (Lipinski definition) is 4. The predicted octanol–water partition coefficient (Wildman–Crippen LogP) is 0.605. The van der Waals surface area contributed by atoms with Gasteiger partial charge in [-0.15, -0.1) is 0 Å². The molecule has 0 radical (unpaired) electrons. The van der Waals surface area contributed by atoms with Crippen molar-refractivity contribution < 1.29 is 23.4 Å². The van der Waals surface area contributed by atoms with Crippen LogP contribution in [0.25, 0.3) is 0 Å². The molecule has 5 N–H and O–H groups in total. The van der Waals surface area contributed by atoms with Crippen molar-refractivity contribution in [1.82, 2.24) is 0 Å². The average molecular weight is 314 g/mol. The molecule has 1 aliphatic carbocycles. The van der Waals surface area contributed by atoms with Crippen LogP contribution in [0.2, 0.25) is 0 Å². The highest BCUT2D eigenvalue weighted by atomic mass is 32.2. The van der Waals surface area contributed by atoms with E-state index in [2.05, 4.69) is 5.32 Å². The van der Waals surface area contributed by atoms with E-state index in [1.807, 2.05) is 0 Å². The lowest BCUT2D eigenvalue weighted by Crippen LogP contribution is -2.23. The first-order valence-electron chi connectivity index (χ1n) is 6.61. The van der Waals surface area contributed by atoms with Gasteiger partial charge in [0, 0.05) is 18.2 Å². The number of primary sulfonamides is 1. The Kier molecular flexibility index (Phi) is 4.50. The first-order valence-corrected chi connectivity index (χ1v) is 8.16. The van der Waals surface area contributed by atoms with Crippen molar-refractivity contribution in [3.63, 3.8) is 0 Å². The van der Waals surface area contributed by atoms with Gasteiger partial charge in [0.15, 0.2) is 0 Å². The highest BCUT2D eigenvalue weighted by Crippen LogP contribution is 2.27. The zero-order chi connectivity index (χ0) is 15.6. The lowest BCUT2D eigenvalue weighted by molar-refractivity contribution is 0.0697. The van der Waals surface area contributed by atoms with E-state index in [0.29, 0.717) is 12.2 Å². The third-order valence-electron chi connectivity index (χ3n) is 3.72. The summed E-state index contributed by atoms with van der Waals surface area (Å²) in [5.74, 6) is -1.17. The van der Waals surface area contributed by atoms with Gasteiger partial charge < -0.3 is 15.5 Å². The Balaban J connectivity index is 2.21. The van der Waals surface area contributed by atoms with E-state index in [4.69, 9.17) is 5.14 Å². The number of nitrogens with one attached hydrogen (secondary N) is 1. The van der Waals surface area contributed by atoms with E-state index >= 15 is 0 Å². The fraction of sp³-hybridized carbons (Fsp3) is 0.462. The number of benzene rings is 1. The van der Waals surface area contributed by atoms with Crippen molar-refractivity contribution in [1.29, 1.82) is 0 Å². The Bertz CT molecular complexity index is 644. The smallest absolute Gasteiger partial charge is 0.337 e. The maximum Gasteiger partial charge on any atom is 0.337 e. The Morgan fingerprint density at radius 2 is 2.10 bits per heavy atom. The van der Waals surface area contributed by atoms with Gasteiger partial charge in [0.25, 0.3) is 0 Å². The first-order chi connectivity index (χ1) is 9.79. The minimum absolute atomic E-state index is 0.0737. The normalized spacial score (nSPS) is 22.2. The third-order valence-corrected chi connectivity index (χ3v) is 4.63. The Morgan fingerprint density at radius 3 is 2.62 bits per heavy atom. The molecule has 1 aromatic carbocycles. The number of nitrogens with two attached hydrogens (primary N) is 1. The van der Waals surface area contributed by atoms with Crippen molar-refractivity contribution >= 4 is 21.7 Å². The van der Waals surface area contributed by atoms with Crippen LogP contribution in [-0.2, 0) is 10.0 Å². The second kappa shape index (κ2) is 6.00. The molecule has 2 unspecified atom stereocenters. The zero-order valence-corrected chi connectivity index (χ0v) is 12.1. The third kappa shape index (κ3) is 3.72. The number of anilines is 1. The fourth-order valence-electron chi connectivity index (χ4n) is 2.53. The number of hydrogen-bond acceptors (Lipinski definition) is 5. The van der Waals surface area contributed by atoms with Gasteiger partial charge in [-0.2, -0.15) is 0 Å². The van der Waals surface area contributed by atoms with Gasteiger partial charge in [-0.1, -0.05) is 6.42 Å². The van der Waals surface area contributed by atoms with Gasteiger partial charge in [-0.3, -0.25) is 0 Å². The van der Waals surface area contributed by atoms with Gasteiger partial charge in [0.2, 0.25) is 10.0 Å². The Hall–Kier alpha value is -1.64. The van der Waals surface area contributed by atoms with Crippen molar-refractivity contribution in [3.05, 3.63) is 23.8 Å². The van der Waals surface area contributed by atoms with Crippen molar-refractivity contribution in [3.8, 4) is 0 Å².